The molecule has 0 spiro atoms. The summed E-state index contributed by atoms with van der Waals surface area (Å²) in [6.07, 6.45) is 48.3. The molecule has 1 N–H and O–H groups in total. The Morgan fingerprint density at radius 1 is 0.378 bits per heavy atom. The van der Waals surface area contributed by atoms with Crippen molar-refractivity contribution in [3.63, 3.8) is 0 Å². The Kier molecular flexibility index (Phi) is 33.0. The van der Waals surface area contributed by atoms with Crippen molar-refractivity contribution in [1.82, 2.24) is 0 Å². The van der Waals surface area contributed by atoms with Crippen LogP contribution in [0.25, 0.3) is 0 Å². The summed E-state index contributed by atoms with van der Waals surface area (Å²) in [6, 6.07) is 0. The Labute approximate surface area is 235 Å². The molecule has 1 heteroatoms. The van der Waals surface area contributed by atoms with Crippen molar-refractivity contribution in [3.8, 4) is 0 Å². The van der Waals surface area contributed by atoms with Crippen LogP contribution >= 0.6 is 0 Å². The van der Waals surface area contributed by atoms with Gasteiger partial charge < -0.3 is 5.11 Å². The van der Waals surface area contributed by atoms with Crippen LogP contribution in [0, 0.1) is 0 Å². The van der Waals surface area contributed by atoms with Crippen LogP contribution in [0.1, 0.15) is 200 Å². The maximum atomic E-state index is 9.99. The van der Waals surface area contributed by atoms with Crippen LogP contribution in [0.4, 0.5) is 0 Å². The molecule has 0 saturated heterocycles. The van der Waals surface area contributed by atoms with E-state index in [0.29, 0.717) is 0 Å². The third-order valence-electron chi connectivity index (χ3n) is 7.85. The average molecular weight is 519 g/mol. The average Bonchev–Trinajstić information content (AvgIpc) is 2.90. The first-order valence-corrected chi connectivity index (χ1v) is 17.3. The molecule has 0 aromatic rings. The van der Waals surface area contributed by atoms with E-state index in [2.05, 4.69) is 38.2 Å². The predicted molar refractivity (Wildman–Crippen MR) is 170 cm³/mol. The smallest absolute Gasteiger partial charge is 0.0574 e. The molecular formula is C36H70O. The summed E-state index contributed by atoms with van der Waals surface area (Å²) in [7, 11) is 0. The first-order chi connectivity index (χ1) is 18.3. The summed E-state index contributed by atoms with van der Waals surface area (Å²) in [6.45, 7) is 4.53. The number of hydrogen-bond donors (Lipinski definition) is 1. The number of aliphatic hydroxyl groups is 1. The van der Waals surface area contributed by atoms with E-state index >= 15 is 0 Å². The van der Waals surface area contributed by atoms with Gasteiger partial charge in [-0.3, -0.25) is 0 Å². The van der Waals surface area contributed by atoms with Crippen LogP contribution in [0.3, 0.4) is 0 Å². The summed E-state index contributed by atoms with van der Waals surface area (Å²) in [5.41, 5.74) is 0. The molecule has 0 aromatic heterocycles. The molecule has 0 rings (SSSR count). The highest BCUT2D eigenvalue weighted by molar-refractivity contribution is 4.84. The number of unbranched alkanes of at least 4 members (excludes halogenated alkanes) is 24. The van der Waals surface area contributed by atoms with Gasteiger partial charge in [-0.25, -0.2) is 0 Å². The van der Waals surface area contributed by atoms with Crippen molar-refractivity contribution >= 4 is 0 Å². The monoisotopic (exact) mass is 519 g/mol. The van der Waals surface area contributed by atoms with Gasteiger partial charge in [0.1, 0.15) is 0 Å². The topological polar surface area (TPSA) is 20.2 Å². The van der Waals surface area contributed by atoms with Gasteiger partial charge in [0, 0.05) is 0 Å². The molecule has 0 aromatic carbocycles. The van der Waals surface area contributed by atoms with E-state index in [1.54, 1.807) is 0 Å². The van der Waals surface area contributed by atoms with Gasteiger partial charge in [0.05, 0.1) is 6.10 Å². The van der Waals surface area contributed by atoms with Gasteiger partial charge in [0.25, 0.3) is 0 Å². The Morgan fingerprint density at radius 3 is 1.05 bits per heavy atom. The van der Waals surface area contributed by atoms with Crippen LogP contribution in [0.5, 0.6) is 0 Å². The molecule has 37 heavy (non-hydrogen) atoms. The fourth-order valence-corrected chi connectivity index (χ4v) is 5.22. The largest absolute Gasteiger partial charge is 0.393 e. The molecule has 220 valence electrons. The van der Waals surface area contributed by atoms with Crippen LogP contribution < -0.4 is 0 Å². The molecular weight excluding hydrogens is 448 g/mol. The van der Waals surface area contributed by atoms with Crippen LogP contribution in [0.15, 0.2) is 24.3 Å². The maximum Gasteiger partial charge on any atom is 0.0574 e. The molecule has 0 aliphatic rings. The fraction of sp³-hybridized carbons (Fsp3) is 0.889. The second-order valence-corrected chi connectivity index (χ2v) is 11.8. The highest BCUT2D eigenvalue weighted by Gasteiger charge is 2.00. The van der Waals surface area contributed by atoms with E-state index in [4.69, 9.17) is 0 Å². The standard InChI is InChI=1S/C36H70O/c1-3-5-7-9-10-11-12-13-14-15-16-17-18-19-20-21-22-23-24-25-26-27-28-29-30-31-33-35-36(37)34-32-8-6-4-2/h13-14,31,33,36-37H,3-12,15-30,32,34-35H2,1-2H3/t36-/m1/s1. The zero-order chi connectivity index (χ0) is 26.9. The lowest BCUT2D eigenvalue weighted by Gasteiger charge is -2.07. The highest BCUT2D eigenvalue weighted by Crippen LogP contribution is 2.15. The van der Waals surface area contributed by atoms with Gasteiger partial charge in [-0.15, -0.1) is 0 Å². The quantitative estimate of drug-likeness (QED) is 0.0714. The van der Waals surface area contributed by atoms with Crippen molar-refractivity contribution in [1.29, 1.82) is 0 Å². The predicted octanol–water partition coefficient (Wildman–Crippen LogP) is 12.8. The maximum absolute atomic E-state index is 9.99. The lowest BCUT2D eigenvalue weighted by atomic mass is 10.0. The molecule has 0 radical (unpaired) electrons. The van der Waals surface area contributed by atoms with Gasteiger partial charge in [-0.05, 0) is 51.4 Å². The Balaban J connectivity index is 3.16. The molecule has 0 aliphatic heterocycles. The molecule has 0 unspecified atom stereocenters. The molecule has 0 aliphatic carbocycles. The first-order valence-electron chi connectivity index (χ1n) is 17.3. The van der Waals surface area contributed by atoms with E-state index in [-0.39, 0.29) is 6.10 Å². The number of aliphatic hydroxyl groups excluding tert-OH is 1. The van der Waals surface area contributed by atoms with E-state index in [9.17, 15) is 5.11 Å². The van der Waals surface area contributed by atoms with E-state index in [1.807, 2.05) is 0 Å². The summed E-state index contributed by atoms with van der Waals surface area (Å²) in [4.78, 5) is 0. The third-order valence-corrected chi connectivity index (χ3v) is 7.85. The Bertz CT molecular complexity index is 452. The third kappa shape index (κ3) is 33.4. The molecule has 1 atom stereocenters. The van der Waals surface area contributed by atoms with E-state index < -0.39 is 0 Å². The highest BCUT2D eigenvalue weighted by atomic mass is 16.3. The van der Waals surface area contributed by atoms with Gasteiger partial charge in [-0.1, -0.05) is 173 Å². The second kappa shape index (κ2) is 33.5. The lowest BCUT2D eigenvalue weighted by Crippen LogP contribution is -2.04. The zero-order valence-electron chi connectivity index (χ0n) is 25.8. The molecule has 0 heterocycles. The van der Waals surface area contributed by atoms with Crippen molar-refractivity contribution in [3.05, 3.63) is 24.3 Å². The lowest BCUT2D eigenvalue weighted by molar-refractivity contribution is 0.163. The number of rotatable bonds is 31. The van der Waals surface area contributed by atoms with Crippen molar-refractivity contribution in [2.45, 2.75) is 206 Å². The molecule has 1 nitrogen and oxygen atoms in total. The normalized spacial score (nSPS) is 12.8. The minimum atomic E-state index is -0.120. The Morgan fingerprint density at radius 2 is 0.676 bits per heavy atom. The minimum Gasteiger partial charge on any atom is -0.393 e. The summed E-state index contributed by atoms with van der Waals surface area (Å²) >= 11 is 0. The summed E-state index contributed by atoms with van der Waals surface area (Å²) < 4.78 is 0. The van der Waals surface area contributed by atoms with Crippen molar-refractivity contribution < 1.29 is 5.11 Å². The van der Waals surface area contributed by atoms with Crippen LogP contribution in [-0.4, -0.2) is 11.2 Å². The summed E-state index contributed by atoms with van der Waals surface area (Å²) in [5, 5.41) is 9.99. The molecule has 0 saturated carbocycles. The minimum absolute atomic E-state index is 0.120. The van der Waals surface area contributed by atoms with Crippen LogP contribution in [-0.2, 0) is 0 Å². The summed E-state index contributed by atoms with van der Waals surface area (Å²) in [5.74, 6) is 0. The van der Waals surface area contributed by atoms with Gasteiger partial charge >= 0.3 is 0 Å². The Hall–Kier alpha value is -0.560. The molecule has 0 fully saturated rings. The van der Waals surface area contributed by atoms with Crippen molar-refractivity contribution in [2.75, 3.05) is 0 Å². The first kappa shape index (κ1) is 36.4. The van der Waals surface area contributed by atoms with Gasteiger partial charge in [0.2, 0.25) is 0 Å². The van der Waals surface area contributed by atoms with Gasteiger partial charge in [-0.2, -0.15) is 0 Å². The number of allylic oxidation sites excluding steroid dienone is 3. The fourth-order valence-electron chi connectivity index (χ4n) is 5.22. The second-order valence-electron chi connectivity index (χ2n) is 11.8. The molecule has 0 bridgehead atoms. The zero-order valence-corrected chi connectivity index (χ0v) is 25.8. The van der Waals surface area contributed by atoms with Crippen LogP contribution in [0.2, 0.25) is 0 Å². The van der Waals surface area contributed by atoms with E-state index in [1.165, 1.54) is 173 Å². The van der Waals surface area contributed by atoms with E-state index in [0.717, 1.165) is 12.8 Å². The number of hydrogen-bond acceptors (Lipinski definition) is 1. The SMILES string of the molecule is CCCCCCCCC=CCCCCCCCCCCCCCCCCC=CC[C@H](O)CCCCCC. The molecule has 0 amide bonds. The van der Waals surface area contributed by atoms with Gasteiger partial charge in [0.15, 0.2) is 0 Å². The van der Waals surface area contributed by atoms with Crippen molar-refractivity contribution in [2.24, 2.45) is 0 Å².